The molecule has 0 bridgehead atoms. The first kappa shape index (κ1) is 12.8. The topological polar surface area (TPSA) is 66.3 Å². The molecule has 2 heterocycles. The number of rotatable bonds is 4. The van der Waals surface area contributed by atoms with Gasteiger partial charge in [-0.05, 0) is 25.3 Å². The molecule has 0 radical (unpaired) electrons. The SMILES string of the molecule is CCCc1ccnc(N2CCCC(C(=O)O)C2)n1. The zero-order valence-corrected chi connectivity index (χ0v) is 10.7. The standard InChI is InChI=1S/C13H19N3O2/c1-2-4-11-6-7-14-13(15-11)16-8-3-5-10(9-16)12(17)18/h6-7,10H,2-5,8-9H2,1H3,(H,17,18). The van der Waals surface area contributed by atoms with Crippen molar-refractivity contribution in [1.82, 2.24) is 9.97 Å². The third kappa shape index (κ3) is 2.97. The number of carboxylic acid groups (broad SMARTS) is 1. The third-order valence-corrected chi connectivity index (χ3v) is 3.26. The summed E-state index contributed by atoms with van der Waals surface area (Å²) >= 11 is 0. The van der Waals surface area contributed by atoms with Crippen LogP contribution in [0.3, 0.4) is 0 Å². The van der Waals surface area contributed by atoms with Crippen molar-refractivity contribution in [2.24, 2.45) is 5.92 Å². The van der Waals surface area contributed by atoms with Crippen molar-refractivity contribution in [2.45, 2.75) is 32.6 Å². The number of aliphatic carboxylic acids is 1. The number of hydrogen-bond donors (Lipinski definition) is 1. The van der Waals surface area contributed by atoms with E-state index in [0.29, 0.717) is 12.5 Å². The van der Waals surface area contributed by atoms with E-state index in [0.717, 1.165) is 37.9 Å². The molecule has 0 aromatic carbocycles. The Morgan fingerprint density at radius 3 is 3.17 bits per heavy atom. The fourth-order valence-electron chi connectivity index (χ4n) is 2.29. The van der Waals surface area contributed by atoms with Gasteiger partial charge in [-0.25, -0.2) is 9.97 Å². The van der Waals surface area contributed by atoms with E-state index in [9.17, 15) is 4.79 Å². The summed E-state index contributed by atoms with van der Waals surface area (Å²) in [6, 6.07) is 1.92. The highest BCUT2D eigenvalue weighted by atomic mass is 16.4. The van der Waals surface area contributed by atoms with Crippen LogP contribution in [0.4, 0.5) is 5.95 Å². The van der Waals surface area contributed by atoms with Gasteiger partial charge in [0, 0.05) is 25.0 Å². The van der Waals surface area contributed by atoms with E-state index in [1.54, 1.807) is 6.20 Å². The molecule has 98 valence electrons. The van der Waals surface area contributed by atoms with Gasteiger partial charge in [-0.2, -0.15) is 0 Å². The number of hydrogen-bond acceptors (Lipinski definition) is 4. The molecule has 1 atom stereocenters. The number of carbonyl (C=O) groups is 1. The Morgan fingerprint density at radius 2 is 2.44 bits per heavy atom. The number of piperidine rings is 1. The number of anilines is 1. The van der Waals surface area contributed by atoms with Gasteiger partial charge >= 0.3 is 5.97 Å². The molecule has 0 amide bonds. The Kier molecular flexibility index (Phi) is 4.12. The zero-order valence-electron chi connectivity index (χ0n) is 10.7. The van der Waals surface area contributed by atoms with E-state index in [1.165, 1.54) is 0 Å². The van der Waals surface area contributed by atoms with Gasteiger partial charge in [0.2, 0.25) is 5.95 Å². The fraction of sp³-hybridized carbons (Fsp3) is 0.615. The second-order valence-electron chi connectivity index (χ2n) is 4.72. The molecule has 1 aliphatic rings. The lowest BCUT2D eigenvalue weighted by atomic mass is 9.99. The minimum Gasteiger partial charge on any atom is -0.481 e. The summed E-state index contributed by atoms with van der Waals surface area (Å²) < 4.78 is 0. The van der Waals surface area contributed by atoms with Crippen molar-refractivity contribution in [3.8, 4) is 0 Å². The molecular formula is C13H19N3O2. The van der Waals surface area contributed by atoms with Crippen molar-refractivity contribution in [3.63, 3.8) is 0 Å². The highest BCUT2D eigenvalue weighted by Gasteiger charge is 2.26. The summed E-state index contributed by atoms with van der Waals surface area (Å²) in [4.78, 5) is 21.8. The maximum atomic E-state index is 11.0. The lowest BCUT2D eigenvalue weighted by molar-refractivity contribution is -0.141. The van der Waals surface area contributed by atoms with Crippen molar-refractivity contribution in [1.29, 1.82) is 0 Å². The van der Waals surface area contributed by atoms with Gasteiger partial charge in [0.1, 0.15) is 0 Å². The van der Waals surface area contributed by atoms with Crippen molar-refractivity contribution >= 4 is 11.9 Å². The van der Waals surface area contributed by atoms with Gasteiger partial charge < -0.3 is 10.0 Å². The summed E-state index contributed by atoms with van der Waals surface area (Å²) in [6.45, 7) is 3.48. The van der Waals surface area contributed by atoms with Crippen LogP contribution < -0.4 is 4.90 Å². The number of aryl methyl sites for hydroxylation is 1. The van der Waals surface area contributed by atoms with Crippen LogP contribution in [0.25, 0.3) is 0 Å². The molecule has 0 spiro atoms. The largest absolute Gasteiger partial charge is 0.481 e. The molecule has 1 unspecified atom stereocenters. The first-order valence-corrected chi connectivity index (χ1v) is 6.50. The Hall–Kier alpha value is -1.65. The summed E-state index contributed by atoms with van der Waals surface area (Å²) in [5.74, 6) is -0.339. The van der Waals surface area contributed by atoms with Crippen LogP contribution in [0.15, 0.2) is 12.3 Å². The van der Waals surface area contributed by atoms with Gasteiger partial charge in [-0.1, -0.05) is 13.3 Å². The van der Waals surface area contributed by atoms with Gasteiger partial charge in [0.15, 0.2) is 0 Å². The van der Waals surface area contributed by atoms with E-state index in [4.69, 9.17) is 5.11 Å². The minimum atomic E-state index is -0.718. The third-order valence-electron chi connectivity index (χ3n) is 3.26. The summed E-state index contributed by atoms with van der Waals surface area (Å²) in [5.41, 5.74) is 1.03. The molecule has 1 fully saturated rings. The monoisotopic (exact) mass is 249 g/mol. The number of carboxylic acids is 1. The van der Waals surface area contributed by atoms with Gasteiger partial charge in [0.05, 0.1) is 5.92 Å². The molecule has 1 aromatic rings. The summed E-state index contributed by atoms with van der Waals surface area (Å²) in [7, 11) is 0. The van der Waals surface area contributed by atoms with Crippen LogP contribution in [0, 0.1) is 5.92 Å². The molecule has 0 aliphatic carbocycles. The molecule has 18 heavy (non-hydrogen) atoms. The average Bonchev–Trinajstić information content (AvgIpc) is 2.39. The van der Waals surface area contributed by atoms with E-state index < -0.39 is 5.97 Å². The highest BCUT2D eigenvalue weighted by Crippen LogP contribution is 2.20. The Balaban J connectivity index is 2.10. The maximum absolute atomic E-state index is 11.0. The molecule has 1 N–H and O–H groups in total. The summed E-state index contributed by atoms with van der Waals surface area (Å²) in [6.07, 6.45) is 5.39. The first-order chi connectivity index (χ1) is 8.70. The Morgan fingerprint density at radius 1 is 1.61 bits per heavy atom. The van der Waals surface area contributed by atoms with Gasteiger partial charge in [0.25, 0.3) is 0 Å². The van der Waals surface area contributed by atoms with Crippen LogP contribution in [-0.4, -0.2) is 34.1 Å². The first-order valence-electron chi connectivity index (χ1n) is 6.50. The molecular weight excluding hydrogens is 230 g/mol. The second-order valence-corrected chi connectivity index (χ2v) is 4.72. The van der Waals surface area contributed by atoms with Crippen molar-refractivity contribution in [2.75, 3.05) is 18.0 Å². The van der Waals surface area contributed by atoms with Crippen LogP contribution in [0.1, 0.15) is 31.9 Å². The fourth-order valence-corrected chi connectivity index (χ4v) is 2.29. The van der Waals surface area contributed by atoms with E-state index >= 15 is 0 Å². The maximum Gasteiger partial charge on any atom is 0.308 e. The Bertz CT molecular complexity index is 422. The highest BCUT2D eigenvalue weighted by molar-refractivity contribution is 5.71. The molecule has 1 saturated heterocycles. The molecule has 5 heteroatoms. The minimum absolute atomic E-state index is 0.294. The number of aromatic nitrogens is 2. The normalized spacial score (nSPS) is 19.8. The molecule has 0 saturated carbocycles. The zero-order chi connectivity index (χ0) is 13.0. The van der Waals surface area contributed by atoms with E-state index in [-0.39, 0.29) is 5.92 Å². The van der Waals surface area contributed by atoms with Crippen LogP contribution >= 0.6 is 0 Å². The van der Waals surface area contributed by atoms with Crippen LogP contribution in [-0.2, 0) is 11.2 Å². The molecule has 1 aliphatic heterocycles. The van der Waals surface area contributed by atoms with Gasteiger partial charge in [-0.3, -0.25) is 4.79 Å². The van der Waals surface area contributed by atoms with Crippen molar-refractivity contribution < 1.29 is 9.90 Å². The van der Waals surface area contributed by atoms with Crippen LogP contribution in [0.5, 0.6) is 0 Å². The van der Waals surface area contributed by atoms with Crippen LogP contribution in [0.2, 0.25) is 0 Å². The molecule has 5 nitrogen and oxygen atoms in total. The van der Waals surface area contributed by atoms with Crippen molar-refractivity contribution in [3.05, 3.63) is 18.0 Å². The molecule has 2 rings (SSSR count). The van der Waals surface area contributed by atoms with Gasteiger partial charge in [-0.15, -0.1) is 0 Å². The van der Waals surface area contributed by atoms with E-state index in [1.807, 2.05) is 11.0 Å². The predicted octanol–water partition coefficient (Wildman–Crippen LogP) is 1.73. The predicted molar refractivity (Wildman–Crippen MR) is 68.6 cm³/mol. The Labute approximate surface area is 107 Å². The molecule has 1 aromatic heterocycles. The number of nitrogens with zero attached hydrogens (tertiary/aromatic N) is 3. The average molecular weight is 249 g/mol. The second kappa shape index (κ2) is 5.80. The summed E-state index contributed by atoms with van der Waals surface area (Å²) in [5, 5.41) is 9.07. The lowest BCUT2D eigenvalue weighted by Crippen LogP contribution is -2.39. The smallest absolute Gasteiger partial charge is 0.308 e. The van der Waals surface area contributed by atoms with E-state index in [2.05, 4.69) is 16.9 Å². The quantitative estimate of drug-likeness (QED) is 0.880. The lowest BCUT2D eigenvalue weighted by Gasteiger charge is -2.30.